The fourth-order valence-corrected chi connectivity index (χ4v) is 2.19. The zero-order valence-corrected chi connectivity index (χ0v) is 11.6. The van der Waals surface area contributed by atoms with Crippen LogP contribution < -0.4 is 11.1 Å². The summed E-state index contributed by atoms with van der Waals surface area (Å²) in [4.78, 5) is 12.0. The number of anilines is 1. The minimum atomic E-state index is -0.240. The summed E-state index contributed by atoms with van der Waals surface area (Å²) in [5, 5.41) is 12.3. The summed E-state index contributed by atoms with van der Waals surface area (Å²) in [6.07, 6.45) is 0. The summed E-state index contributed by atoms with van der Waals surface area (Å²) in [5.41, 5.74) is 7.33. The van der Waals surface area contributed by atoms with Gasteiger partial charge in [-0.15, -0.1) is 0 Å². The first-order chi connectivity index (χ1) is 9.06. The highest BCUT2D eigenvalue weighted by atomic mass is 79.9. The second-order valence-corrected chi connectivity index (χ2v) is 5.00. The van der Waals surface area contributed by atoms with E-state index in [1.165, 1.54) is 0 Å². The van der Waals surface area contributed by atoms with Crippen LogP contribution in [0.2, 0.25) is 0 Å². The molecule has 1 amide bonds. The Hall–Kier alpha value is -2.01. The Balaban J connectivity index is 2.08. The number of carbonyl (C=O) groups is 1. The maximum atomic E-state index is 12.0. The van der Waals surface area contributed by atoms with Gasteiger partial charge in [0.25, 0.3) is 5.91 Å². The van der Waals surface area contributed by atoms with Crippen molar-refractivity contribution in [3.63, 3.8) is 0 Å². The van der Waals surface area contributed by atoms with Crippen LogP contribution >= 0.6 is 15.9 Å². The summed E-state index contributed by atoms with van der Waals surface area (Å²) in [6.45, 7) is 0.262. The number of hydrogen-bond donors (Lipinski definition) is 3. The van der Waals surface area contributed by atoms with Gasteiger partial charge in [-0.05, 0) is 24.3 Å². The van der Waals surface area contributed by atoms with Crippen molar-refractivity contribution in [1.29, 1.82) is 0 Å². The molecule has 2 aromatic carbocycles. The SMILES string of the molecule is Nc1cc(Br)cc(C(=O)NCc2ccccc2O)c1. The van der Waals surface area contributed by atoms with Gasteiger partial charge in [-0.3, -0.25) is 4.79 Å². The molecular weight excluding hydrogens is 308 g/mol. The van der Waals surface area contributed by atoms with Gasteiger partial charge in [0.15, 0.2) is 0 Å². The van der Waals surface area contributed by atoms with Crippen molar-refractivity contribution in [3.8, 4) is 5.75 Å². The number of halogens is 1. The van der Waals surface area contributed by atoms with E-state index in [9.17, 15) is 9.90 Å². The second kappa shape index (κ2) is 5.75. The molecule has 4 N–H and O–H groups in total. The third kappa shape index (κ3) is 3.48. The van der Waals surface area contributed by atoms with E-state index in [-0.39, 0.29) is 18.2 Å². The molecule has 4 nitrogen and oxygen atoms in total. The highest BCUT2D eigenvalue weighted by Gasteiger charge is 2.08. The van der Waals surface area contributed by atoms with E-state index < -0.39 is 0 Å². The van der Waals surface area contributed by atoms with E-state index in [0.717, 1.165) is 4.47 Å². The van der Waals surface area contributed by atoms with E-state index in [4.69, 9.17) is 5.73 Å². The number of rotatable bonds is 3. The number of amides is 1. The molecule has 0 saturated carbocycles. The molecule has 0 atom stereocenters. The molecule has 0 unspecified atom stereocenters. The van der Waals surface area contributed by atoms with Crippen LogP contribution in [0.5, 0.6) is 5.75 Å². The molecule has 0 spiro atoms. The molecule has 0 fully saturated rings. The fourth-order valence-electron chi connectivity index (χ4n) is 1.68. The molecule has 0 aromatic heterocycles. The lowest BCUT2D eigenvalue weighted by molar-refractivity contribution is 0.0950. The van der Waals surface area contributed by atoms with E-state index >= 15 is 0 Å². The normalized spacial score (nSPS) is 10.2. The van der Waals surface area contributed by atoms with Crippen LogP contribution in [-0.4, -0.2) is 11.0 Å². The molecule has 2 rings (SSSR count). The first-order valence-electron chi connectivity index (χ1n) is 5.67. The average molecular weight is 321 g/mol. The monoisotopic (exact) mass is 320 g/mol. The highest BCUT2D eigenvalue weighted by molar-refractivity contribution is 9.10. The van der Waals surface area contributed by atoms with Gasteiger partial charge >= 0.3 is 0 Å². The van der Waals surface area contributed by atoms with E-state index in [2.05, 4.69) is 21.2 Å². The van der Waals surface area contributed by atoms with Crippen LogP contribution in [0.4, 0.5) is 5.69 Å². The fraction of sp³-hybridized carbons (Fsp3) is 0.0714. The summed E-state index contributed by atoms with van der Waals surface area (Å²) < 4.78 is 0.750. The van der Waals surface area contributed by atoms with Crippen LogP contribution in [0, 0.1) is 0 Å². The van der Waals surface area contributed by atoms with Crippen molar-refractivity contribution in [2.45, 2.75) is 6.54 Å². The van der Waals surface area contributed by atoms with Gasteiger partial charge in [0, 0.05) is 27.8 Å². The zero-order chi connectivity index (χ0) is 13.8. The van der Waals surface area contributed by atoms with Crippen LogP contribution in [0.25, 0.3) is 0 Å². The third-order valence-electron chi connectivity index (χ3n) is 2.61. The maximum absolute atomic E-state index is 12.0. The van der Waals surface area contributed by atoms with Gasteiger partial charge < -0.3 is 16.2 Å². The number of benzene rings is 2. The van der Waals surface area contributed by atoms with Crippen molar-refractivity contribution in [1.82, 2.24) is 5.32 Å². The van der Waals surface area contributed by atoms with Crippen LogP contribution in [0.1, 0.15) is 15.9 Å². The molecule has 0 aliphatic rings. The Bertz CT molecular complexity index is 594. The molecule has 0 saturated heterocycles. The lowest BCUT2D eigenvalue weighted by Gasteiger charge is -2.08. The quantitative estimate of drug-likeness (QED) is 0.761. The van der Waals surface area contributed by atoms with Gasteiger partial charge in [-0.25, -0.2) is 0 Å². The lowest BCUT2D eigenvalue weighted by Crippen LogP contribution is -2.22. The third-order valence-corrected chi connectivity index (χ3v) is 3.07. The number of aromatic hydroxyl groups is 1. The van der Waals surface area contributed by atoms with Gasteiger partial charge in [-0.1, -0.05) is 34.1 Å². The van der Waals surface area contributed by atoms with Crippen LogP contribution in [-0.2, 0) is 6.54 Å². The molecule has 0 radical (unpaired) electrons. The Kier molecular flexibility index (Phi) is 4.06. The van der Waals surface area contributed by atoms with Crippen molar-refractivity contribution >= 4 is 27.5 Å². The number of nitrogens with one attached hydrogen (secondary N) is 1. The Labute approximate surface area is 119 Å². The van der Waals surface area contributed by atoms with Crippen molar-refractivity contribution in [2.24, 2.45) is 0 Å². The molecule has 98 valence electrons. The standard InChI is InChI=1S/C14H13BrN2O2/c15-11-5-10(6-12(16)7-11)14(19)17-8-9-3-1-2-4-13(9)18/h1-7,18H,8,16H2,(H,17,19). The minimum Gasteiger partial charge on any atom is -0.508 e. The molecular formula is C14H13BrN2O2. The molecule has 0 bridgehead atoms. The van der Waals surface area contributed by atoms with Gasteiger partial charge in [0.2, 0.25) is 0 Å². The lowest BCUT2D eigenvalue weighted by atomic mass is 10.1. The Morgan fingerprint density at radius 1 is 1.26 bits per heavy atom. The zero-order valence-electron chi connectivity index (χ0n) is 10.1. The number of para-hydroxylation sites is 1. The number of nitrogens with two attached hydrogens (primary N) is 1. The smallest absolute Gasteiger partial charge is 0.251 e. The summed E-state index contributed by atoms with van der Waals surface area (Å²) in [5.74, 6) is -0.0761. The molecule has 0 aliphatic heterocycles. The van der Waals surface area contributed by atoms with E-state index in [1.807, 2.05) is 0 Å². The number of nitrogen functional groups attached to an aromatic ring is 1. The van der Waals surface area contributed by atoms with Gasteiger partial charge in [0.05, 0.1) is 0 Å². The topological polar surface area (TPSA) is 75.4 Å². The largest absolute Gasteiger partial charge is 0.508 e. The van der Waals surface area contributed by atoms with Crippen molar-refractivity contribution in [3.05, 3.63) is 58.1 Å². The van der Waals surface area contributed by atoms with E-state index in [0.29, 0.717) is 16.8 Å². The van der Waals surface area contributed by atoms with Crippen molar-refractivity contribution < 1.29 is 9.90 Å². The average Bonchev–Trinajstić information content (AvgIpc) is 2.36. The van der Waals surface area contributed by atoms with Gasteiger partial charge in [0.1, 0.15) is 5.75 Å². The highest BCUT2D eigenvalue weighted by Crippen LogP contribution is 2.18. The van der Waals surface area contributed by atoms with Crippen LogP contribution in [0.15, 0.2) is 46.9 Å². The first-order valence-corrected chi connectivity index (χ1v) is 6.46. The number of carbonyl (C=O) groups excluding carboxylic acids is 1. The predicted molar refractivity (Wildman–Crippen MR) is 77.8 cm³/mol. The summed E-state index contributed by atoms with van der Waals surface area (Å²) in [6, 6.07) is 11.9. The number of phenolic OH excluding ortho intramolecular Hbond substituents is 1. The predicted octanol–water partition coefficient (Wildman–Crippen LogP) is 2.67. The molecule has 2 aromatic rings. The van der Waals surface area contributed by atoms with Crippen LogP contribution in [0.3, 0.4) is 0 Å². The Morgan fingerprint density at radius 2 is 2.00 bits per heavy atom. The number of phenols is 1. The first kappa shape index (κ1) is 13.4. The Morgan fingerprint density at radius 3 is 2.68 bits per heavy atom. The molecule has 19 heavy (non-hydrogen) atoms. The number of hydrogen-bond acceptors (Lipinski definition) is 3. The van der Waals surface area contributed by atoms with Crippen molar-refractivity contribution in [2.75, 3.05) is 5.73 Å². The molecule has 0 heterocycles. The van der Waals surface area contributed by atoms with E-state index in [1.54, 1.807) is 42.5 Å². The minimum absolute atomic E-state index is 0.163. The summed E-state index contributed by atoms with van der Waals surface area (Å²) in [7, 11) is 0. The summed E-state index contributed by atoms with van der Waals surface area (Å²) >= 11 is 3.29. The molecule has 5 heteroatoms. The second-order valence-electron chi connectivity index (χ2n) is 4.08. The molecule has 0 aliphatic carbocycles. The van der Waals surface area contributed by atoms with Gasteiger partial charge in [-0.2, -0.15) is 0 Å². The maximum Gasteiger partial charge on any atom is 0.251 e.